The Kier molecular flexibility index (Phi) is 1.59. The first-order valence-electron chi connectivity index (χ1n) is 3.44. The molecule has 0 aliphatic heterocycles. The molecule has 0 saturated carbocycles. The van der Waals surface area contributed by atoms with E-state index in [4.69, 9.17) is 17.3 Å². The Hall–Kier alpha value is -1.35. The van der Waals surface area contributed by atoms with Crippen molar-refractivity contribution in [2.45, 2.75) is 0 Å². The number of halogens is 1. The molecular weight excluding hydrogens is 174 g/mol. The second-order valence-electron chi connectivity index (χ2n) is 2.47. The lowest BCUT2D eigenvalue weighted by Gasteiger charge is -1.98. The van der Waals surface area contributed by atoms with Gasteiger partial charge in [-0.25, -0.2) is 0 Å². The standard InChI is InChI=1S/C8H6ClN3/c9-7-4-11-12-8-2-1-5(10)3-6(7)8/h1-4H,10H2. The van der Waals surface area contributed by atoms with Gasteiger partial charge in [0.25, 0.3) is 0 Å². The number of nitrogens with zero attached hydrogens (tertiary/aromatic N) is 2. The molecule has 4 heteroatoms. The molecule has 1 aromatic carbocycles. The van der Waals surface area contributed by atoms with E-state index < -0.39 is 0 Å². The summed E-state index contributed by atoms with van der Waals surface area (Å²) in [5.74, 6) is 0. The van der Waals surface area contributed by atoms with Gasteiger partial charge in [-0.2, -0.15) is 10.2 Å². The zero-order valence-electron chi connectivity index (χ0n) is 6.16. The minimum absolute atomic E-state index is 0.576. The number of anilines is 1. The Balaban J connectivity index is 2.88. The first-order chi connectivity index (χ1) is 5.77. The first kappa shape index (κ1) is 7.31. The quantitative estimate of drug-likeness (QED) is 0.628. The highest BCUT2D eigenvalue weighted by Crippen LogP contribution is 2.21. The Morgan fingerprint density at radius 2 is 2.17 bits per heavy atom. The van der Waals surface area contributed by atoms with Gasteiger partial charge in [-0.05, 0) is 18.2 Å². The van der Waals surface area contributed by atoms with Crippen LogP contribution in [0.4, 0.5) is 5.69 Å². The summed E-state index contributed by atoms with van der Waals surface area (Å²) >= 11 is 5.87. The smallest absolute Gasteiger partial charge is 0.0946 e. The average Bonchev–Trinajstić information content (AvgIpc) is 2.07. The number of rotatable bonds is 0. The molecule has 0 spiro atoms. The number of aromatic nitrogens is 2. The van der Waals surface area contributed by atoms with Gasteiger partial charge in [0.2, 0.25) is 0 Å². The van der Waals surface area contributed by atoms with E-state index in [2.05, 4.69) is 10.2 Å². The van der Waals surface area contributed by atoms with Gasteiger partial charge in [0.05, 0.1) is 16.7 Å². The minimum atomic E-state index is 0.576. The van der Waals surface area contributed by atoms with Crippen LogP contribution in [0.15, 0.2) is 24.4 Å². The molecule has 0 aliphatic rings. The summed E-state index contributed by atoms with van der Waals surface area (Å²) in [4.78, 5) is 0. The van der Waals surface area contributed by atoms with Crippen LogP contribution in [0.1, 0.15) is 0 Å². The summed E-state index contributed by atoms with van der Waals surface area (Å²) in [6, 6.07) is 5.35. The van der Waals surface area contributed by atoms with Gasteiger partial charge in [0.1, 0.15) is 0 Å². The van der Waals surface area contributed by atoms with E-state index in [0.717, 1.165) is 10.9 Å². The molecule has 0 aliphatic carbocycles. The average molecular weight is 180 g/mol. The van der Waals surface area contributed by atoms with Gasteiger partial charge in [0.15, 0.2) is 0 Å². The number of nitrogens with two attached hydrogens (primary N) is 1. The van der Waals surface area contributed by atoms with E-state index in [1.54, 1.807) is 18.2 Å². The maximum absolute atomic E-state index is 5.87. The fourth-order valence-corrected chi connectivity index (χ4v) is 1.24. The van der Waals surface area contributed by atoms with Gasteiger partial charge >= 0.3 is 0 Å². The lowest BCUT2D eigenvalue weighted by molar-refractivity contribution is 1.08. The van der Waals surface area contributed by atoms with Gasteiger partial charge in [-0.15, -0.1) is 0 Å². The largest absolute Gasteiger partial charge is 0.399 e. The number of nitrogen functional groups attached to an aromatic ring is 1. The van der Waals surface area contributed by atoms with Crippen molar-refractivity contribution >= 4 is 28.2 Å². The monoisotopic (exact) mass is 179 g/mol. The van der Waals surface area contributed by atoms with Gasteiger partial charge in [-0.3, -0.25) is 0 Å². The molecule has 0 radical (unpaired) electrons. The predicted molar refractivity (Wildman–Crippen MR) is 49.0 cm³/mol. The zero-order valence-corrected chi connectivity index (χ0v) is 6.92. The fourth-order valence-electron chi connectivity index (χ4n) is 1.04. The fraction of sp³-hybridized carbons (Fsp3) is 0. The molecule has 0 saturated heterocycles. The van der Waals surface area contributed by atoms with Crippen molar-refractivity contribution in [1.82, 2.24) is 10.2 Å². The summed E-state index contributed by atoms with van der Waals surface area (Å²) in [7, 11) is 0. The molecule has 3 nitrogen and oxygen atoms in total. The van der Waals surface area contributed by atoms with Crippen molar-refractivity contribution in [2.24, 2.45) is 0 Å². The van der Waals surface area contributed by atoms with Crippen LogP contribution in [-0.2, 0) is 0 Å². The third-order valence-corrected chi connectivity index (χ3v) is 1.92. The van der Waals surface area contributed by atoms with Crippen molar-refractivity contribution in [2.75, 3.05) is 5.73 Å². The Bertz CT molecular complexity index is 428. The second-order valence-corrected chi connectivity index (χ2v) is 2.88. The molecule has 2 N–H and O–H groups in total. The molecule has 2 aromatic rings. The summed E-state index contributed by atoms with van der Waals surface area (Å²) in [5.41, 5.74) is 7.02. The molecule has 0 amide bonds. The van der Waals surface area contributed by atoms with E-state index >= 15 is 0 Å². The van der Waals surface area contributed by atoms with Crippen LogP contribution in [0.25, 0.3) is 10.9 Å². The first-order valence-corrected chi connectivity index (χ1v) is 3.81. The molecule has 0 atom stereocenters. The number of hydrogen-bond donors (Lipinski definition) is 1. The SMILES string of the molecule is Nc1ccc2nncc(Cl)c2c1. The van der Waals surface area contributed by atoms with Crippen LogP contribution in [-0.4, -0.2) is 10.2 Å². The third-order valence-electron chi connectivity index (χ3n) is 1.61. The van der Waals surface area contributed by atoms with Crippen molar-refractivity contribution in [3.63, 3.8) is 0 Å². The predicted octanol–water partition coefficient (Wildman–Crippen LogP) is 1.87. The van der Waals surface area contributed by atoms with Crippen LogP contribution in [0, 0.1) is 0 Å². The minimum Gasteiger partial charge on any atom is -0.399 e. The molecule has 0 unspecified atom stereocenters. The second kappa shape index (κ2) is 2.60. The topological polar surface area (TPSA) is 51.8 Å². The summed E-state index contributed by atoms with van der Waals surface area (Å²) in [5, 5.41) is 9.03. The Morgan fingerprint density at radius 1 is 1.33 bits per heavy atom. The van der Waals surface area contributed by atoms with Crippen LogP contribution >= 0.6 is 11.6 Å². The molecule has 1 heterocycles. The van der Waals surface area contributed by atoms with Gasteiger partial charge in [-0.1, -0.05) is 11.6 Å². The maximum atomic E-state index is 5.87. The summed E-state index contributed by atoms with van der Waals surface area (Å²) in [6.45, 7) is 0. The van der Waals surface area contributed by atoms with Gasteiger partial charge < -0.3 is 5.73 Å². The molecule has 0 bridgehead atoms. The van der Waals surface area contributed by atoms with Gasteiger partial charge in [0, 0.05) is 11.1 Å². The highest BCUT2D eigenvalue weighted by atomic mass is 35.5. The van der Waals surface area contributed by atoms with E-state index in [1.165, 1.54) is 6.20 Å². The number of hydrogen-bond acceptors (Lipinski definition) is 3. The van der Waals surface area contributed by atoms with Crippen molar-refractivity contribution in [3.05, 3.63) is 29.4 Å². The van der Waals surface area contributed by atoms with Crippen LogP contribution in [0.2, 0.25) is 5.02 Å². The van der Waals surface area contributed by atoms with Crippen LogP contribution < -0.4 is 5.73 Å². The maximum Gasteiger partial charge on any atom is 0.0946 e. The molecule has 60 valence electrons. The lowest BCUT2D eigenvalue weighted by Crippen LogP contribution is -1.87. The summed E-state index contributed by atoms with van der Waals surface area (Å²) in [6.07, 6.45) is 1.50. The van der Waals surface area contributed by atoms with E-state index in [1.807, 2.05) is 0 Å². The molecule has 2 rings (SSSR count). The van der Waals surface area contributed by atoms with Crippen molar-refractivity contribution < 1.29 is 0 Å². The Labute approximate surface area is 74.2 Å². The van der Waals surface area contributed by atoms with E-state index in [0.29, 0.717) is 10.7 Å². The molecule has 1 aromatic heterocycles. The number of benzene rings is 1. The highest BCUT2D eigenvalue weighted by Gasteiger charge is 1.99. The van der Waals surface area contributed by atoms with E-state index in [-0.39, 0.29) is 0 Å². The normalized spacial score (nSPS) is 10.4. The third kappa shape index (κ3) is 1.08. The highest BCUT2D eigenvalue weighted by molar-refractivity contribution is 6.35. The van der Waals surface area contributed by atoms with Crippen molar-refractivity contribution in [3.8, 4) is 0 Å². The zero-order chi connectivity index (χ0) is 8.55. The molecular formula is C8H6ClN3. The van der Waals surface area contributed by atoms with Crippen molar-refractivity contribution in [1.29, 1.82) is 0 Å². The molecule has 0 fully saturated rings. The van der Waals surface area contributed by atoms with Crippen LogP contribution in [0.3, 0.4) is 0 Å². The Morgan fingerprint density at radius 3 is 3.00 bits per heavy atom. The summed E-state index contributed by atoms with van der Waals surface area (Å²) < 4.78 is 0. The lowest BCUT2D eigenvalue weighted by atomic mass is 10.2. The number of fused-ring (bicyclic) bond motifs is 1. The molecule has 12 heavy (non-hydrogen) atoms. The van der Waals surface area contributed by atoms with Crippen LogP contribution in [0.5, 0.6) is 0 Å². The van der Waals surface area contributed by atoms with E-state index in [9.17, 15) is 0 Å².